The summed E-state index contributed by atoms with van der Waals surface area (Å²) in [5.74, 6) is 0.683. The maximum atomic E-state index is 5.51. The maximum Gasteiger partial charge on any atom is 0.00670 e. The summed E-state index contributed by atoms with van der Waals surface area (Å²) in [6, 6.07) is 0.833. The van der Waals surface area contributed by atoms with Crippen LogP contribution >= 0.6 is 0 Å². The molecule has 0 aromatic rings. The van der Waals surface area contributed by atoms with E-state index in [1.165, 1.54) is 25.7 Å². The lowest BCUT2D eigenvalue weighted by molar-refractivity contribution is 0.330. The van der Waals surface area contributed by atoms with Gasteiger partial charge in [0, 0.05) is 6.04 Å². The molecule has 1 saturated carbocycles. The van der Waals surface area contributed by atoms with Gasteiger partial charge in [0.15, 0.2) is 0 Å². The van der Waals surface area contributed by atoms with Crippen molar-refractivity contribution in [1.29, 1.82) is 0 Å². The second kappa shape index (κ2) is 4.73. The standard InChI is InChI=1S/C9H20N2/c1-8(7-10)5-6-11-9-3-2-4-9/h8-9,11H,2-7,10H2,1H3. The molecule has 66 valence electrons. The predicted molar refractivity (Wildman–Crippen MR) is 48.5 cm³/mol. The van der Waals surface area contributed by atoms with Crippen LogP contribution in [0, 0.1) is 5.92 Å². The van der Waals surface area contributed by atoms with Crippen LogP contribution in [-0.2, 0) is 0 Å². The highest BCUT2D eigenvalue weighted by Gasteiger charge is 2.15. The van der Waals surface area contributed by atoms with Gasteiger partial charge in [0.2, 0.25) is 0 Å². The van der Waals surface area contributed by atoms with Crippen LogP contribution in [-0.4, -0.2) is 19.1 Å². The van der Waals surface area contributed by atoms with Crippen molar-refractivity contribution in [3.63, 3.8) is 0 Å². The molecule has 1 atom stereocenters. The molecule has 11 heavy (non-hydrogen) atoms. The topological polar surface area (TPSA) is 38.0 Å². The van der Waals surface area contributed by atoms with Crippen molar-refractivity contribution in [1.82, 2.24) is 5.32 Å². The molecule has 0 amide bonds. The van der Waals surface area contributed by atoms with Crippen molar-refractivity contribution >= 4 is 0 Å². The molecule has 2 heteroatoms. The van der Waals surface area contributed by atoms with Gasteiger partial charge in [-0.25, -0.2) is 0 Å². The molecule has 2 nitrogen and oxygen atoms in total. The Morgan fingerprint density at radius 1 is 1.55 bits per heavy atom. The molecule has 0 aromatic carbocycles. The number of nitrogens with two attached hydrogens (primary N) is 1. The third-order valence-corrected chi connectivity index (χ3v) is 2.58. The Morgan fingerprint density at radius 3 is 2.73 bits per heavy atom. The van der Waals surface area contributed by atoms with E-state index in [1.807, 2.05) is 0 Å². The fourth-order valence-corrected chi connectivity index (χ4v) is 1.26. The highest BCUT2D eigenvalue weighted by atomic mass is 14.9. The summed E-state index contributed by atoms with van der Waals surface area (Å²) in [5, 5.41) is 3.53. The van der Waals surface area contributed by atoms with Gasteiger partial charge in [-0.3, -0.25) is 0 Å². The van der Waals surface area contributed by atoms with Gasteiger partial charge in [-0.15, -0.1) is 0 Å². The minimum absolute atomic E-state index is 0.683. The van der Waals surface area contributed by atoms with Crippen molar-refractivity contribution in [2.45, 2.75) is 38.6 Å². The number of hydrogen-bond donors (Lipinski definition) is 2. The largest absolute Gasteiger partial charge is 0.330 e. The molecule has 1 unspecified atom stereocenters. The average Bonchev–Trinajstić information content (AvgIpc) is 1.94. The summed E-state index contributed by atoms with van der Waals surface area (Å²) >= 11 is 0. The van der Waals surface area contributed by atoms with Crippen LogP contribution in [0.2, 0.25) is 0 Å². The van der Waals surface area contributed by atoms with Crippen molar-refractivity contribution in [3.05, 3.63) is 0 Å². The summed E-state index contributed by atoms with van der Waals surface area (Å²) in [6.07, 6.45) is 5.42. The molecule has 0 aliphatic heterocycles. The first-order valence-electron chi connectivity index (χ1n) is 4.76. The molecule has 1 fully saturated rings. The number of nitrogens with one attached hydrogen (secondary N) is 1. The van der Waals surface area contributed by atoms with Crippen molar-refractivity contribution in [3.8, 4) is 0 Å². The molecule has 1 aliphatic carbocycles. The van der Waals surface area contributed by atoms with E-state index in [0.29, 0.717) is 5.92 Å². The second-order valence-corrected chi connectivity index (χ2v) is 3.71. The molecule has 0 radical (unpaired) electrons. The zero-order valence-corrected chi connectivity index (χ0v) is 7.47. The summed E-state index contributed by atoms with van der Waals surface area (Å²) < 4.78 is 0. The predicted octanol–water partition coefficient (Wildman–Crippen LogP) is 1.11. The summed E-state index contributed by atoms with van der Waals surface area (Å²) in [7, 11) is 0. The van der Waals surface area contributed by atoms with Gasteiger partial charge >= 0.3 is 0 Å². The third kappa shape index (κ3) is 3.21. The van der Waals surface area contributed by atoms with E-state index in [9.17, 15) is 0 Å². The summed E-state index contributed by atoms with van der Waals surface area (Å²) in [6.45, 7) is 4.19. The lowest BCUT2D eigenvalue weighted by atomic mass is 9.93. The van der Waals surface area contributed by atoms with E-state index in [4.69, 9.17) is 5.73 Å². The zero-order valence-electron chi connectivity index (χ0n) is 7.47. The highest BCUT2D eigenvalue weighted by molar-refractivity contribution is 4.76. The van der Waals surface area contributed by atoms with Gasteiger partial charge < -0.3 is 11.1 Å². The van der Waals surface area contributed by atoms with Gasteiger partial charge in [-0.05, 0) is 38.3 Å². The smallest absolute Gasteiger partial charge is 0.00670 e. The van der Waals surface area contributed by atoms with Crippen molar-refractivity contribution < 1.29 is 0 Å². The van der Waals surface area contributed by atoms with Crippen LogP contribution < -0.4 is 11.1 Å². The average molecular weight is 156 g/mol. The number of rotatable bonds is 5. The molecule has 1 aliphatic rings. The van der Waals surface area contributed by atoms with Crippen molar-refractivity contribution in [2.75, 3.05) is 13.1 Å². The fourth-order valence-electron chi connectivity index (χ4n) is 1.26. The lowest BCUT2D eigenvalue weighted by Gasteiger charge is -2.27. The SMILES string of the molecule is CC(CN)CCNC1CCC1. The second-order valence-electron chi connectivity index (χ2n) is 3.71. The van der Waals surface area contributed by atoms with E-state index in [2.05, 4.69) is 12.2 Å². The normalized spacial score (nSPS) is 21.3. The van der Waals surface area contributed by atoms with Gasteiger partial charge in [-0.1, -0.05) is 13.3 Å². The summed E-state index contributed by atoms with van der Waals surface area (Å²) in [4.78, 5) is 0. The Labute approximate surface area is 69.5 Å². The minimum atomic E-state index is 0.683. The van der Waals surface area contributed by atoms with Gasteiger partial charge in [0.05, 0.1) is 0 Å². The van der Waals surface area contributed by atoms with E-state index < -0.39 is 0 Å². The Bertz CT molecular complexity index is 95.0. The van der Waals surface area contributed by atoms with Crippen LogP contribution in [0.5, 0.6) is 0 Å². The van der Waals surface area contributed by atoms with Crippen LogP contribution in [0.3, 0.4) is 0 Å². The first-order chi connectivity index (χ1) is 5.33. The summed E-state index contributed by atoms with van der Waals surface area (Å²) in [5.41, 5.74) is 5.51. The first-order valence-corrected chi connectivity index (χ1v) is 4.76. The zero-order chi connectivity index (χ0) is 8.10. The molecule has 0 saturated heterocycles. The molecule has 1 rings (SSSR count). The highest BCUT2D eigenvalue weighted by Crippen LogP contribution is 2.17. The Balaban J connectivity index is 1.86. The first kappa shape index (κ1) is 9.01. The van der Waals surface area contributed by atoms with Crippen LogP contribution in [0.15, 0.2) is 0 Å². The van der Waals surface area contributed by atoms with Crippen LogP contribution in [0.4, 0.5) is 0 Å². The Morgan fingerprint density at radius 2 is 2.27 bits per heavy atom. The molecule has 0 bridgehead atoms. The number of hydrogen-bond acceptors (Lipinski definition) is 2. The molecule has 0 heterocycles. The monoisotopic (exact) mass is 156 g/mol. The van der Waals surface area contributed by atoms with Gasteiger partial charge in [-0.2, -0.15) is 0 Å². The van der Waals surface area contributed by atoms with Gasteiger partial charge in [0.25, 0.3) is 0 Å². The van der Waals surface area contributed by atoms with E-state index in [-0.39, 0.29) is 0 Å². The molecule has 0 spiro atoms. The fraction of sp³-hybridized carbons (Fsp3) is 1.00. The lowest BCUT2D eigenvalue weighted by Crippen LogP contribution is -2.36. The molecule has 3 N–H and O–H groups in total. The van der Waals surface area contributed by atoms with E-state index >= 15 is 0 Å². The van der Waals surface area contributed by atoms with Gasteiger partial charge in [0.1, 0.15) is 0 Å². The van der Waals surface area contributed by atoms with Crippen LogP contribution in [0.1, 0.15) is 32.6 Å². The third-order valence-electron chi connectivity index (χ3n) is 2.58. The molecular weight excluding hydrogens is 136 g/mol. The van der Waals surface area contributed by atoms with Crippen LogP contribution in [0.25, 0.3) is 0 Å². The molecular formula is C9H20N2. The van der Waals surface area contributed by atoms with Crippen molar-refractivity contribution in [2.24, 2.45) is 11.7 Å². The Hall–Kier alpha value is -0.0800. The molecule has 0 aromatic heterocycles. The van der Waals surface area contributed by atoms with E-state index in [1.54, 1.807) is 0 Å². The Kier molecular flexibility index (Phi) is 3.87. The quantitative estimate of drug-likeness (QED) is 0.626. The minimum Gasteiger partial charge on any atom is -0.330 e. The van der Waals surface area contributed by atoms with E-state index in [0.717, 1.165) is 19.1 Å². The maximum absolute atomic E-state index is 5.51.